The lowest BCUT2D eigenvalue weighted by Gasteiger charge is -2.43. The fourth-order valence-electron chi connectivity index (χ4n) is 11.3. The Morgan fingerprint density at radius 2 is 1.00 bits per heavy atom. The van der Waals surface area contributed by atoms with Gasteiger partial charge in [0, 0.05) is 24.3 Å². The molecule has 0 radical (unpaired) electrons. The summed E-state index contributed by atoms with van der Waals surface area (Å²) in [6.45, 7) is 39.0. The number of fused-ring (bicyclic) bond motifs is 2. The smallest absolute Gasteiger partial charge is 0.0752 e. The molecule has 0 heterocycles. The summed E-state index contributed by atoms with van der Waals surface area (Å²) in [6, 6.07) is 35.1. The molecule has 3 heteroatoms. The molecule has 4 aromatic rings. The Labute approximate surface area is 405 Å². The summed E-state index contributed by atoms with van der Waals surface area (Å²) in [5, 5.41) is 0. The predicted octanol–water partition coefficient (Wildman–Crippen LogP) is 18.6. The van der Waals surface area contributed by atoms with Crippen LogP contribution >= 0.6 is 0 Å². The third kappa shape index (κ3) is 12.4. The van der Waals surface area contributed by atoms with Crippen molar-refractivity contribution in [3.05, 3.63) is 129 Å². The van der Waals surface area contributed by atoms with E-state index < -0.39 is 8.07 Å². The van der Waals surface area contributed by atoms with Crippen molar-refractivity contribution in [2.24, 2.45) is 5.92 Å². The lowest BCUT2D eigenvalue weighted by Crippen LogP contribution is -2.46. The van der Waals surface area contributed by atoms with Gasteiger partial charge in [0.1, 0.15) is 0 Å². The van der Waals surface area contributed by atoms with Crippen molar-refractivity contribution in [2.45, 2.75) is 207 Å². The van der Waals surface area contributed by atoms with Gasteiger partial charge in [0.2, 0.25) is 0 Å². The summed E-state index contributed by atoms with van der Waals surface area (Å²) in [7, 11) is -2.29. The van der Waals surface area contributed by atoms with Crippen LogP contribution in [0.15, 0.2) is 96.1 Å². The molecule has 2 aliphatic rings. The number of unbranched alkanes of at least 4 members (excludes halogenated alkanes) is 6. The molecule has 4 aromatic carbocycles. The summed E-state index contributed by atoms with van der Waals surface area (Å²) >= 11 is 0. The molecule has 3 unspecified atom stereocenters. The number of allylic oxidation sites excluding steroid dienone is 3. The average Bonchev–Trinajstić information content (AvgIpc) is 3.78. The van der Waals surface area contributed by atoms with E-state index in [-0.39, 0.29) is 22.0 Å². The van der Waals surface area contributed by atoms with Crippen molar-refractivity contribution in [3.8, 4) is 22.3 Å². The zero-order valence-electron chi connectivity index (χ0n) is 44.7. The first-order valence-corrected chi connectivity index (χ1v) is 28.9. The molecule has 0 aromatic heterocycles. The van der Waals surface area contributed by atoms with Crippen LogP contribution in [0, 0.1) is 5.92 Å². The van der Waals surface area contributed by atoms with E-state index in [2.05, 4.69) is 201 Å². The predicted molar refractivity (Wildman–Crippen MR) is 291 cm³/mol. The van der Waals surface area contributed by atoms with Gasteiger partial charge in [-0.15, -0.1) is 0 Å². The fourth-order valence-corrected chi connectivity index (χ4v) is 17.5. The molecule has 66 heavy (non-hydrogen) atoms. The first-order chi connectivity index (χ1) is 30.9. The zero-order valence-corrected chi connectivity index (χ0v) is 45.7. The Morgan fingerprint density at radius 3 is 1.50 bits per heavy atom. The Bertz CT molecular complexity index is 2290. The molecule has 3 atom stereocenters. The van der Waals surface area contributed by atoms with Crippen molar-refractivity contribution >= 4 is 19.7 Å². The largest absolute Gasteiger partial charge is 0.376 e. The van der Waals surface area contributed by atoms with Gasteiger partial charge in [-0.25, -0.2) is 0 Å². The standard InChI is InChI=1S/C63H90O2Si/c1-44(2)55-43-56-51(46-32-36-48(37-33-46)60(4,5)6)28-25-30-53(56)59(55)66(16,42-24-20-19-23-41-65-63(13,14)15)58-45(3)50(27-21-17-18-22-40-64-62(10,11)12)57-52(29-26-31-54(57)58)47-34-38-49(39-35-47)61(7,8)9/h25-26,28-39,43-44,58-59H,17-24,27,40-42H2,1-16H3. The van der Waals surface area contributed by atoms with Gasteiger partial charge in [0.25, 0.3) is 0 Å². The van der Waals surface area contributed by atoms with Crippen molar-refractivity contribution < 1.29 is 9.47 Å². The van der Waals surface area contributed by atoms with E-state index in [0.717, 1.165) is 32.5 Å². The summed E-state index contributed by atoms with van der Waals surface area (Å²) in [4.78, 5) is 0. The third-order valence-electron chi connectivity index (χ3n) is 14.8. The van der Waals surface area contributed by atoms with Gasteiger partial charge in [-0.05, 0) is 152 Å². The number of rotatable bonds is 19. The number of benzene rings is 4. The lowest BCUT2D eigenvalue weighted by molar-refractivity contribution is -0.00508. The first-order valence-electron chi connectivity index (χ1n) is 26.1. The highest BCUT2D eigenvalue weighted by Crippen LogP contribution is 2.59. The van der Waals surface area contributed by atoms with Gasteiger partial charge in [-0.3, -0.25) is 0 Å². The molecule has 0 N–H and O–H groups in total. The molecule has 0 fully saturated rings. The topological polar surface area (TPSA) is 18.5 Å². The van der Waals surface area contributed by atoms with E-state index in [4.69, 9.17) is 9.47 Å². The maximum atomic E-state index is 6.19. The lowest BCUT2D eigenvalue weighted by atomic mass is 9.85. The number of hydrogen-bond donors (Lipinski definition) is 0. The van der Waals surface area contributed by atoms with E-state index in [1.54, 1.807) is 33.4 Å². The van der Waals surface area contributed by atoms with E-state index in [0.29, 0.717) is 17.0 Å². The molecular formula is C63H90O2Si. The molecule has 0 saturated carbocycles. The average molecular weight is 907 g/mol. The van der Waals surface area contributed by atoms with Crippen LogP contribution in [0.2, 0.25) is 12.6 Å². The second kappa shape index (κ2) is 21.0. The van der Waals surface area contributed by atoms with E-state index in [1.807, 2.05) is 0 Å². The third-order valence-corrected chi connectivity index (χ3v) is 20.3. The molecule has 0 spiro atoms. The maximum absolute atomic E-state index is 6.19. The Hall–Kier alpha value is -3.50. The van der Waals surface area contributed by atoms with E-state index >= 15 is 0 Å². The number of ether oxygens (including phenoxy) is 2. The highest BCUT2D eigenvalue weighted by molar-refractivity contribution is 6.83. The van der Waals surface area contributed by atoms with Crippen LogP contribution in [0.3, 0.4) is 0 Å². The van der Waals surface area contributed by atoms with Crippen molar-refractivity contribution in [2.75, 3.05) is 13.2 Å². The summed E-state index contributed by atoms with van der Waals surface area (Å²) in [5.74, 6) is 0.458. The van der Waals surface area contributed by atoms with Gasteiger partial charge in [0.15, 0.2) is 0 Å². The molecule has 2 aliphatic carbocycles. The van der Waals surface area contributed by atoms with Crippen LogP contribution < -0.4 is 0 Å². The maximum Gasteiger partial charge on any atom is 0.0752 e. The minimum Gasteiger partial charge on any atom is -0.376 e. The second-order valence-corrected chi connectivity index (χ2v) is 29.5. The van der Waals surface area contributed by atoms with E-state index in [9.17, 15) is 0 Å². The van der Waals surface area contributed by atoms with Crippen LogP contribution in [-0.2, 0) is 20.3 Å². The summed E-state index contributed by atoms with van der Waals surface area (Å²) < 4.78 is 12.3. The van der Waals surface area contributed by atoms with Gasteiger partial charge in [-0.2, -0.15) is 0 Å². The fraction of sp³-hybridized carbons (Fsp3) is 0.556. The van der Waals surface area contributed by atoms with Gasteiger partial charge < -0.3 is 9.47 Å². The van der Waals surface area contributed by atoms with Crippen molar-refractivity contribution in [3.63, 3.8) is 0 Å². The van der Waals surface area contributed by atoms with Crippen LogP contribution in [0.1, 0.15) is 206 Å². The normalized spacial score (nSPS) is 17.6. The molecule has 2 nitrogen and oxygen atoms in total. The molecule has 0 bridgehead atoms. The van der Waals surface area contributed by atoms with Crippen LogP contribution in [0.4, 0.5) is 0 Å². The molecule has 6 rings (SSSR count). The van der Waals surface area contributed by atoms with E-state index in [1.165, 1.54) is 83.5 Å². The van der Waals surface area contributed by atoms with Gasteiger partial charge in [0.05, 0.1) is 19.3 Å². The van der Waals surface area contributed by atoms with Gasteiger partial charge in [-0.1, -0.05) is 202 Å². The highest BCUT2D eigenvalue weighted by Gasteiger charge is 2.52. The van der Waals surface area contributed by atoms with Crippen LogP contribution in [0.5, 0.6) is 0 Å². The Balaban J connectivity index is 1.46. The molecule has 358 valence electrons. The Morgan fingerprint density at radius 1 is 0.530 bits per heavy atom. The number of hydrogen-bond acceptors (Lipinski definition) is 2. The van der Waals surface area contributed by atoms with Crippen molar-refractivity contribution in [1.82, 2.24) is 0 Å². The monoisotopic (exact) mass is 907 g/mol. The molecular weight excluding hydrogens is 817 g/mol. The summed E-state index contributed by atoms with van der Waals surface area (Å²) in [5.41, 5.74) is 20.4. The highest BCUT2D eigenvalue weighted by atomic mass is 28.3. The summed E-state index contributed by atoms with van der Waals surface area (Å²) in [6.07, 6.45) is 13.5. The van der Waals surface area contributed by atoms with Gasteiger partial charge >= 0.3 is 0 Å². The zero-order chi connectivity index (χ0) is 48.2. The van der Waals surface area contributed by atoms with Crippen LogP contribution in [0.25, 0.3) is 33.9 Å². The first kappa shape index (κ1) is 51.9. The Kier molecular flexibility index (Phi) is 16.5. The van der Waals surface area contributed by atoms with Crippen LogP contribution in [-0.4, -0.2) is 32.5 Å². The SMILES string of the molecule is CC1=C(CCCCCCOC(C)(C)C)c2c(-c3ccc(C(C)(C)C)cc3)cccc2C1[Si](C)(CCCCCCOC(C)(C)C)C1C(C(C)C)=Cc2c(-c3ccc(C(C)(C)C)cc3)cccc21. The molecule has 0 amide bonds. The van der Waals surface area contributed by atoms with Crippen molar-refractivity contribution in [1.29, 1.82) is 0 Å². The molecule has 0 saturated heterocycles. The second-order valence-electron chi connectivity index (χ2n) is 24.8. The quantitative estimate of drug-likeness (QED) is 0.0689. The minimum atomic E-state index is -2.29. The molecule has 0 aliphatic heterocycles. The minimum absolute atomic E-state index is 0.0765.